The van der Waals surface area contributed by atoms with Crippen LogP contribution in [0.3, 0.4) is 0 Å². The molecule has 3 N–H and O–H groups in total. The van der Waals surface area contributed by atoms with Gasteiger partial charge in [0.15, 0.2) is 5.82 Å². The summed E-state index contributed by atoms with van der Waals surface area (Å²) in [6.07, 6.45) is 3.87. The number of fused-ring (bicyclic) bond motifs is 4. The highest BCUT2D eigenvalue weighted by atomic mass is 127. The molecule has 0 saturated carbocycles. The van der Waals surface area contributed by atoms with E-state index in [-0.39, 0.29) is 11.2 Å². The van der Waals surface area contributed by atoms with Crippen LogP contribution in [0.5, 0.6) is 6.01 Å². The van der Waals surface area contributed by atoms with Gasteiger partial charge in [0.2, 0.25) is 0 Å². The van der Waals surface area contributed by atoms with Gasteiger partial charge in [-0.25, -0.2) is 8.78 Å². The summed E-state index contributed by atoms with van der Waals surface area (Å²) in [5, 5.41) is 3.68. The van der Waals surface area contributed by atoms with Gasteiger partial charge in [0, 0.05) is 59.3 Å². The van der Waals surface area contributed by atoms with E-state index >= 15 is 4.39 Å². The van der Waals surface area contributed by atoms with Crippen molar-refractivity contribution in [1.82, 2.24) is 20.2 Å². The van der Waals surface area contributed by atoms with Crippen molar-refractivity contribution in [2.45, 2.75) is 82.0 Å². The molecule has 2 aromatic rings. The molecule has 6 heterocycles. The summed E-state index contributed by atoms with van der Waals surface area (Å²) in [4.78, 5) is 14.4. The van der Waals surface area contributed by atoms with E-state index in [9.17, 15) is 4.39 Å². The second-order valence-electron chi connectivity index (χ2n) is 12.0. The Kier molecular flexibility index (Phi) is 6.63. The molecule has 0 aliphatic carbocycles. The molecule has 39 heavy (non-hydrogen) atoms. The van der Waals surface area contributed by atoms with E-state index in [4.69, 9.17) is 25.2 Å². The summed E-state index contributed by atoms with van der Waals surface area (Å²) in [6.45, 7) is 5.72. The number of benzene rings is 1. The van der Waals surface area contributed by atoms with Gasteiger partial charge in [0.25, 0.3) is 0 Å². The molecule has 210 valence electrons. The van der Waals surface area contributed by atoms with Crippen molar-refractivity contribution >= 4 is 34.1 Å². The molecule has 5 unspecified atom stereocenters. The lowest BCUT2D eigenvalue weighted by atomic mass is 9.95. The smallest absolute Gasteiger partial charge is 0.318 e. The third-order valence-electron chi connectivity index (χ3n) is 9.37. The first-order valence-electron chi connectivity index (χ1n) is 14.1. The molecule has 1 aromatic heterocycles. The largest absolute Gasteiger partial charge is 0.461 e. The minimum atomic E-state index is -0.817. The number of nitrogens with zero attached hydrogens (tertiary/aromatic N) is 4. The molecule has 0 radical (unpaired) electrons. The number of hydrogen-bond donors (Lipinski definition) is 2. The fourth-order valence-electron chi connectivity index (χ4n) is 7.47. The van der Waals surface area contributed by atoms with Crippen molar-refractivity contribution in [2.75, 3.05) is 43.4 Å². The van der Waals surface area contributed by atoms with Gasteiger partial charge in [-0.1, -0.05) is 0 Å². The number of ether oxygens (including phenoxy) is 2. The third-order valence-corrected chi connectivity index (χ3v) is 10.8. The van der Waals surface area contributed by atoms with E-state index in [1.165, 1.54) is 0 Å². The zero-order chi connectivity index (χ0) is 26.9. The molecule has 0 amide bonds. The molecule has 2 bridgehead atoms. The van der Waals surface area contributed by atoms with Crippen LogP contribution in [0.15, 0.2) is 6.07 Å². The van der Waals surface area contributed by atoms with Crippen LogP contribution in [0.4, 0.5) is 20.3 Å². The second kappa shape index (κ2) is 9.92. The molecule has 5 aliphatic heterocycles. The van der Waals surface area contributed by atoms with Crippen molar-refractivity contribution in [3.63, 3.8) is 0 Å². The number of hydrogen-bond acceptors (Lipinski definition) is 8. The summed E-state index contributed by atoms with van der Waals surface area (Å²) >= 11 is 2.18. The van der Waals surface area contributed by atoms with E-state index in [0.29, 0.717) is 56.3 Å². The summed E-state index contributed by atoms with van der Waals surface area (Å²) < 4.78 is 43.1. The predicted octanol–water partition coefficient (Wildman–Crippen LogP) is 3.82. The number of aromatic nitrogens is 2. The van der Waals surface area contributed by atoms with Crippen molar-refractivity contribution in [1.29, 1.82) is 0 Å². The van der Waals surface area contributed by atoms with Crippen LogP contribution >= 0.6 is 22.6 Å². The molecule has 0 spiro atoms. The summed E-state index contributed by atoms with van der Waals surface area (Å²) in [7, 11) is 0. The quantitative estimate of drug-likeness (QED) is 0.373. The molecule has 1 aromatic carbocycles. The van der Waals surface area contributed by atoms with Crippen LogP contribution in [0.1, 0.15) is 60.6 Å². The van der Waals surface area contributed by atoms with Crippen molar-refractivity contribution in [3.05, 3.63) is 37.8 Å². The third kappa shape index (κ3) is 4.57. The number of aryl methyl sites for hydroxylation is 1. The fraction of sp³-hybridized carbons (Fsp3) is 0.643. The number of alkyl halides is 1. The van der Waals surface area contributed by atoms with Crippen LogP contribution in [-0.4, -0.2) is 71.4 Å². The maximum Gasteiger partial charge on any atom is 0.318 e. The number of piperazine rings is 1. The van der Waals surface area contributed by atoms with Crippen molar-refractivity contribution in [3.8, 4) is 6.01 Å². The van der Waals surface area contributed by atoms with Gasteiger partial charge < -0.3 is 25.4 Å². The highest BCUT2D eigenvalue weighted by Gasteiger charge is 2.49. The molecular formula is C28H35F2IN6O2. The van der Waals surface area contributed by atoms with Crippen LogP contribution in [0.2, 0.25) is 0 Å². The lowest BCUT2D eigenvalue weighted by Gasteiger charge is -2.37. The predicted molar refractivity (Wildman–Crippen MR) is 152 cm³/mol. The minimum absolute atomic E-state index is 0.129. The Morgan fingerprint density at radius 1 is 1.26 bits per heavy atom. The van der Waals surface area contributed by atoms with Gasteiger partial charge in [0.05, 0.1) is 29.6 Å². The van der Waals surface area contributed by atoms with Crippen LogP contribution in [0.25, 0.3) is 0 Å². The molecule has 11 heteroatoms. The number of halogens is 3. The maximum absolute atomic E-state index is 15.3. The molecule has 8 nitrogen and oxygen atoms in total. The highest BCUT2D eigenvalue weighted by molar-refractivity contribution is 14.1. The maximum atomic E-state index is 15.3. The van der Waals surface area contributed by atoms with E-state index in [1.807, 2.05) is 6.92 Å². The number of rotatable bonds is 5. The fourth-order valence-corrected chi connectivity index (χ4v) is 8.21. The molecule has 4 fully saturated rings. The number of nitrogens with one attached hydrogen (secondary N) is 1. The van der Waals surface area contributed by atoms with E-state index in [1.54, 1.807) is 6.07 Å². The summed E-state index contributed by atoms with van der Waals surface area (Å²) in [6, 6.07) is 2.86. The van der Waals surface area contributed by atoms with Crippen LogP contribution < -0.4 is 20.7 Å². The zero-order valence-electron chi connectivity index (χ0n) is 22.2. The average molecular weight is 653 g/mol. The van der Waals surface area contributed by atoms with Gasteiger partial charge in [-0.05, 0) is 73.4 Å². The molecular weight excluding hydrogens is 617 g/mol. The molecule has 5 aliphatic rings. The number of nitrogens with two attached hydrogens (primary N) is 1. The second-order valence-corrected chi connectivity index (χ2v) is 13.1. The van der Waals surface area contributed by atoms with Crippen molar-refractivity contribution < 1.29 is 18.3 Å². The van der Waals surface area contributed by atoms with Crippen molar-refractivity contribution in [2.24, 2.45) is 0 Å². The Bertz CT molecular complexity index is 1260. The number of anilines is 2. The average Bonchev–Trinajstić information content (AvgIpc) is 3.56. The van der Waals surface area contributed by atoms with Gasteiger partial charge in [-0.3, -0.25) is 4.90 Å². The topological polar surface area (TPSA) is 88.8 Å². The van der Waals surface area contributed by atoms with E-state index in [2.05, 4.69) is 37.7 Å². The Morgan fingerprint density at radius 2 is 2.05 bits per heavy atom. The van der Waals surface area contributed by atoms with Gasteiger partial charge in [-0.15, -0.1) is 0 Å². The first-order chi connectivity index (χ1) is 18.8. The zero-order valence-corrected chi connectivity index (χ0v) is 24.3. The molecule has 4 saturated heterocycles. The summed E-state index contributed by atoms with van der Waals surface area (Å²) in [5.74, 6) is 0.423. The SMILES string of the molecule is Cc1cc(N)c(F)c(C2Cc3nc(OCC45CCCN4CC(F)C5)nc(N4CC5CCC(C4)N5)c3CO2)c1I. The Morgan fingerprint density at radius 3 is 2.85 bits per heavy atom. The number of nitrogen functional groups attached to an aromatic ring is 1. The van der Waals surface area contributed by atoms with Crippen LogP contribution in [-0.2, 0) is 17.8 Å². The molecule has 7 rings (SSSR count). The Hall–Kier alpha value is -1.83. The highest BCUT2D eigenvalue weighted by Crippen LogP contribution is 2.42. The van der Waals surface area contributed by atoms with Gasteiger partial charge in [0.1, 0.15) is 18.6 Å². The first-order valence-corrected chi connectivity index (χ1v) is 15.2. The monoisotopic (exact) mass is 652 g/mol. The molecule has 5 atom stereocenters. The van der Waals surface area contributed by atoms with E-state index in [0.717, 1.165) is 71.5 Å². The summed E-state index contributed by atoms with van der Waals surface area (Å²) in [5.41, 5.74) is 9.02. The first kappa shape index (κ1) is 26.1. The van der Waals surface area contributed by atoms with Gasteiger partial charge in [-0.2, -0.15) is 9.97 Å². The Balaban J connectivity index is 1.23. The standard InChI is InChI=1S/C28H35F2IN6O2/c1-15-7-20(32)24(30)23(25(15)31)22-8-21-19(13-38-22)26(36-11-17-3-4-18(12-36)33-17)35-27(34-21)39-14-28-5-2-6-37(28)10-16(29)9-28/h7,16-18,22,33H,2-6,8-14,32H2,1H3. The van der Waals surface area contributed by atoms with Gasteiger partial charge >= 0.3 is 6.01 Å². The van der Waals surface area contributed by atoms with Crippen LogP contribution in [0, 0.1) is 16.3 Å². The normalized spacial score (nSPS) is 31.9. The van der Waals surface area contributed by atoms with E-state index < -0.39 is 18.1 Å². The minimum Gasteiger partial charge on any atom is -0.461 e. The lowest BCUT2D eigenvalue weighted by molar-refractivity contribution is 0.0227. The lowest BCUT2D eigenvalue weighted by Crippen LogP contribution is -2.52. The Labute approximate surface area is 241 Å².